The Balaban J connectivity index is 1.46. The number of rotatable bonds is 30. The van der Waals surface area contributed by atoms with Crippen LogP contribution >= 0.6 is 21.6 Å². The molecule has 4 aliphatic heterocycles. The fourth-order valence-electron chi connectivity index (χ4n) is 13.0. The summed E-state index contributed by atoms with van der Waals surface area (Å²) in [5, 5.41) is 74.9. The van der Waals surface area contributed by atoms with Crippen LogP contribution < -0.4 is 81.8 Å². The van der Waals surface area contributed by atoms with E-state index in [4.69, 9.17) is 28.7 Å². The van der Waals surface area contributed by atoms with Gasteiger partial charge in [0.05, 0.1) is 31.4 Å². The summed E-state index contributed by atoms with van der Waals surface area (Å²) in [6.07, 6.45) is -0.219. The molecule has 4 saturated heterocycles. The van der Waals surface area contributed by atoms with Crippen molar-refractivity contribution in [2.24, 2.45) is 39.6 Å². The van der Waals surface area contributed by atoms with Crippen molar-refractivity contribution in [1.82, 2.24) is 82.9 Å². The Hall–Kier alpha value is -9.82. The number of benzene rings is 1. The molecule has 13 amide bonds. The lowest BCUT2D eigenvalue weighted by molar-refractivity contribution is -0.148. The van der Waals surface area contributed by atoms with Crippen molar-refractivity contribution in [3.8, 4) is 0 Å². The van der Waals surface area contributed by atoms with E-state index in [-0.39, 0.29) is 122 Å². The summed E-state index contributed by atoms with van der Waals surface area (Å²) in [6, 6.07) is -12.1. The highest BCUT2D eigenvalue weighted by molar-refractivity contribution is 8.76. The highest BCUT2D eigenvalue weighted by atomic mass is 33.1. The van der Waals surface area contributed by atoms with Gasteiger partial charge in [-0.1, -0.05) is 77.4 Å². The molecule has 0 saturated carbocycles. The van der Waals surface area contributed by atoms with E-state index in [0.717, 1.165) is 33.4 Å². The SMILES string of the molecule is CC[C@H](C)[C@@H]1NC(=O)[C@@H]2CCCN2C(=O)[C@@H]2CCCN2C(=O)[C@H](CCn2cc(CN)nn2)NC(=O)[C@H](CO)NC(=O)[C@H](CCCCN)NC(=O)[C@H]([C@@H](C)O)NC(=O)[C@@H](NC(=O)[C@H](CCCN=C(N)N)NC(=O)CN)CSSC[C@@H](C(=O)N[C@@H](Cc2ccccc2)C(=O)N2CCC[C@H]2C(=O)N[C@@H](CC(=O)O)C(=O)O)NC1=O. The molecule has 0 radical (unpaired) electrons. The van der Waals surface area contributed by atoms with Gasteiger partial charge in [-0.25, -0.2) is 4.79 Å². The Labute approximate surface area is 648 Å². The highest BCUT2D eigenvalue weighted by Crippen LogP contribution is 2.29. The van der Waals surface area contributed by atoms with Crippen LogP contribution in [0.25, 0.3) is 0 Å². The molecular weight excluding hydrogens is 1490 g/mol. The van der Waals surface area contributed by atoms with Crippen LogP contribution in [0.5, 0.6) is 0 Å². The highest BCUT2D eigenvalue weighted by Gasteiger charge is 2.47. The fourth-order valence-corrected chi connectivity index (χ4v) is 15.4. The predicted molar refractivity (Wildman–Crippen MR) is 401 cm³/mol. The third kappa shape index (κ3) is 27.0. The predicted octanol–water partition coefficient (Wildman–Crippen LogP) is -7.29. The molecule has 1 aromatic carbocycles. The number of hydrogen-bond acceptors (Lipinski definition) is 25. The minimum absolute atomic E-state index is 0.00266. The molecule has 5 heterocycles. The molecule has 0 bridgehead atoms. The smallest absolute Gasteiger partial charge is 0.326 e. The van der Waals surface area contributed by atoms with Crippen LogP contribution in [-0.2, 0) is 91.4 Å². The second kappa shape index (κ2) is 44.9. The summed E-state index contributed by atoms with van der Waals surface area (Å²) in [5.41, 5.74) is 29.2. The maximum atomic E-state index is 15.4. The van der Waals surface area contributed by atoms with Gasteiger partial charge >= 0.3 is 11.9 Å². The number of aliphatic hydroxyl groups is 2. The maximum Gasteiger partial charge on any atom is 0.326 e. The standard InChI is InChI=1S/C68H106N22O19S2/c1-4-36(2)53-62(103)82-46(58(99)78-43(28-38-14-6-5-7-15-38)65(106)88-24-11-18-48(88)60(101)79-44(67(108)109)29-52(94)95)34-110-111-35-47(81-55(96)40(75-51(93)31-71)17-10-23-74-68(72)73)59(100)84-54(37(3)92)63(104)76-41(16-8-9-22-69)56(97)80-45(33-91)57(98)77-42(21-27-87-32-39(30-70)85-86-87)64(105)90-26-13-20-50(90)66(107)89-25-12-19-49(89)61(102)83-53/h5-7,14-15,32,36-37,40-50,53-54,91-92H,4,8-13,16-31,33-35,69-71H2,1-3H3,(H,75,93)(H,76,104)(H,77,98)(H,78,99)(H,79,101)(H,80,97)(H,81,96)(H,82,103)(H,83,102)(H,84,100)(H,94,95)(H,108,109)(H4,72,73,74)/t36-,37+,40-,41-,42-,43-,44-,45-,46-,47-,48-,49-,50-,53-,54-/m0/s1. The second-order valence-corrected chi connectivity index (χ2v) is 30.0. The number of carboxylic acid groups (broad SMARTS) is 2. The molecule has 1 aromatic heterocycles. The number of nitrogens with one attached hydrogen (secondary N) is 10. The van der Waals surface area contributed by atoms with Gasteiger partial charge in [-0.3, -0.25) is 76.8 Å². The van der Waals surface area contributed by atoms with Crippen molar-refractivity contribution in [3.05, 3.63) is 47.8 Å². The molecule has 2 aromatic rings. The Bertz CT molecular complexity index is 3610. The maximum absolute atomic E-state index is 15.4. The van der Waals surface area contributed by atoms with Crippen LogP contribution in [0, 0.1) is 5.92 Å². The number of carbonyl (C=O) groups excluding carboxylic acids is 13. The van der Waals surface area contributed by atoms with E-state index in [9.17, 15) is 68.4 Å². The number of carboxylic acids is 2. The molecule has 4 aliphatic rings. The number of unbranched alkanes of at least 4 members (excludes halogenated alkanes) is 1. The van der Waals surface area contributed by atoms with E-state index >= 15 is 24.0 Å². The van der Waals surface area contributed by atoms with Crippen molar-refractivity contribution >= 4 is 116 Å². The molecule has 111 heavy (non-hydrogen) atoms. The number of likely N-dealkylation sites (tertiary alicyclic amines) is 1. The topological polar surface area (TPSA) is 640 Å². The van der Waals surface area contributed by atoms with Gasteiger partial charge in [0, 0.05) is 63.4 Å². The average molecular weight is 1600 g/mol. The van der Waals surface area contributed by atoms with E-state index in [1.165, 1.54) is 20.7 Å². The summed E-state index contributed by atoms with van der Waals surface area (Å²) >= 11 is 0. The number of aromatic nitrogens is 3. The number of aryl methyl sites for hydroxylation is 1. The normalized spacial score (nSPS) is 24.3. The van der Waals surface area contributed by atoms with Crippen molar-refractivity contribution in [2.45, 2.75) is 215 Å². The van der Waals surface area contributed by atoms with Crippen LogP contribution in [0.2, 0.25) is 0 Å². The first kappa shape index (κ1) is 90.1. The van der Waals surface area contributed by atoms with Crippen LogP contribution in [0.15, 0.2) is 41.5 Å². The van der Waals surface area contributed by atoms with Crippen molar-refractivity contribution < 1.29 is 92.3 Å². The number of hydrogen-bond donors (Lipinski definition) is 19. The number of nitrogens with zero attached hydrogens (tertiary/aromatic N) is 7. The molecule has 15 atom stereocenters. The molecule has 41 nitrogen and oxygen atoms in total. The van der Waals surface area contributed by atoms with Crippen molar-refractivity contribution in [3.63, 3.8) is 0 Å². The van der Waals surface area contributed by atoms with Crippen LogP contribution in [-0.4, -0.2) is 287 Å². The molecule has 0 unspecified atom stereocenters. The van der Waals surface area contributed by atoms with Crippen LogP contribution in [0.1, 0.15) is 122 Å². The Morgan fingerprint density at radius 1 is 0.676 bits per heavy atom. The lowest BCUT2D eigenvalue weighted by Crippen LogP contribution is -2.62. The van der Waals surface area contributed by atoms with E-state index in [2.05, 4.69) is 68.5 Å². The van der Waals surface area contributed by atoms with E-state index in [0.29, 0.717) is 30.5 Å². The fraction of sp³-hybridized carbons (Fsp3) is 0.647. The van der Waals surface area contributed by atoms with Crippen LogP contribution in [0.3, 0.4) is 0 Å². The molecular formula is C68H106N22O19S2. The van der Waals surface area contributed by atoms with E-state index < -0.39 is 210 Å². The molecule has 43 heteroatoms. The monoisotopic (exact) mass is 1600 g/mol. The molecule has 24 N–H and O–H groups in total. The molecule has 614 valence electrons. The van der Waals surface area contributed by atoms with Gasteiger partial charge in [-0.2, -0.15) is 0 Å². The summed E-state index contributed by atoms with van der Waals surface area (Å²) in [4.78, 5) is 221. The van der Waals surface area contributed by atoms with Gasteiger partial charge in [-0.15, -0.1) is 5.10 Å². The number of fused-ring (bicyclic) bond motifs is 2. The summed E-state index contributed by atoms with van der Waals surface area (Å²) in [5.74, 6) is -17.4. The zero-order valence-electron chi connectivity index (χ0n) is 62.3. The largest absolute Gasteiger partial charge is 0.481 e. The zero-order chi connectivity index (χ0) is 81.6. The number of aliphatic imine (C=N–C) groups is 1. The second-order valence-electron chi connectivity index (χ2n) is 27.5. The van der Waals surface area contributed by atoms with Crippen molar-refractivity contribution in [2.75, 3.05) is 57.4 Å². The summed E-state index contributed by atoms with van der Waals surface area (Å²) in [6.45, 7) is 2.84. The van der Waals surface area contributed by atoms with Gasteiger partial charge in [-0.05, 0) is 102 Å². The number of aliphatic hydroxyl groups excluding tert-OH is 2. The number of amides is 13. The van der Waals surface area contributed by atoms with E-state index in [1.807, 2.05) is 0 Å². The molecule has 4 fully saturated rings. The quantitative estimate of drug-likeness (QED) is 0.0150. The number of aliphatic carboxylic acids is 2. The van der Waals surface area contributed by atoms with Gasteiger partial charge in [0.15, 0.2) is 5.96 Å². The lowest BCUT2D eigenvalue weighted by atomic mass is 9.97. The number of nitrogens with two attached hydrogens (primary N) is 5. The van der Waals surface area contributed by atoms with Crippen molar-refractivity contribution in [1.29, 1.82) is 0 Å². The third-order valence-corrected chi connectivity index (χ3v) is 21.7. The first-order valence-corrected chi connectivity index (χ1v) is 39.4. The molecule has 0 aliphatic carbocycles. The number of carbonyl (C=O) groups is 15. The Kier molecular flexibility index (Phi) is 36.4. The minimum atomic E-state index is -1.95. The number of guanidine groups is 1. The molecule has 6 rings (SSSR count). The molecule has 0 spiro atoms. The van der Waals surface area contributed by atoms with Gasteiger partial charge in [0.1, 0.15) is 78.5 Å². The van der Waals surface area contributed by atoms with Crippen LogP contribution in [0.4, 0.5) is 0 Å². The average Bonchev–Trinajstić information content (AvgIpc) is 1.68. The Morgan fingerprint density at radius 3 is 1.94 bits per heavy atom. The van der Waals surface area contributed by atoms with E-state index in [1.54, 1.807) is 44.2 Å². The van der Waals surface area contributed by atoms with Gasteiger partial charge in [0.2, 0.25) is 76.8 Å². The lowest BCUT2D eigenvalue weighted by Gasteiger charge is -2.34. The zero-order valence-corrected chi connectivity index (χ0v) is 63.9. The Morgan fingerprint density at radius 2 is 1.31 bits per heavy atom. The van der Waals surface area contributed by atoms with Gasteiger partial charge in [0.25, 0.3) is 0 Å². The minimum Gasteiger partial charge on any atom is -0.481 e. The summed E-state index contributed by atoms with van der Waals surface area (Å²) in [7, 11) is 1.63. The third-order valence-electron chi connectivity index (χ3n) is 19.3. The van der Waals surface area contributed by atoms with Gasteiger partial charge < -0.3 is 117 Å². The summed E-state index contributed by atoms with van der Waals surface area (Å²) < 4.78 is 1.36. The first-order valence-electron chi connectivity index (χ1n) is 36.9. The first-order chi connectivity index (χ1) is 52.9.